The lowest BCUT2D eigenvalue weighted by Crippen LogP contribution is -2.39. The summed E-state index contributed by atoms with van der Waals surface area (Å²) in [4.78, 5) is 14.6. The number of aromatic nitrogens is 2. The molecule has 4 rings (SSSR count). The topological polar surface area (TPSA) is 133 Å². The Morgan fingerprint density at radius 3 is 2.83 bits per heavy atom. The lowest BCUT2D eigenvalue weighted by atomic mass is 10.00. The number of furan rings is 1. The van der Waals surface area contributed by atoms with Crippen LogP contribution < -0.4 is 0 Å². The number of sulfonamides is 1. The van der Waals surface area contributed by atoms with Crippen LogP contribution in [0, 0.1) is 17.0 Å². The Morgan fingerprint density at radius 2 is 2.10 bits per heavy atom. The summed E-state index contributed by atoms with van der Waals surface area (Å²) in [6, 6.07) is 8.58. The van der Waals surface area contributed by atoms with Crippen molar-refractivity contribution in [1.82, 2.24) is 14.4 Å². The van der Waals surface area contributed by atoms with Crippen LogP contribution >= 0.6 is 0 Å². The molecular weight excluding hydrogens is 400 g/mol. The smallest absolute Gasteiger partial charge is 0.270 e. The SMILES string of the molecule is Cc1ccc(-c2noc(C3CCCN(S(=O)(=O)c4cccc([N+](=O)[O-])c4)C3)n2)o1. The van der Waals surface area contributed by atoms with Crippen molar-refractivity contribution in [2.75, 3.05) is 13.1 Å². The van der Waals surface area contributed by atoms with E-state index in [1.165, 1.54) is 22.5 Å². The average Bonchev–Trinajstić information content (AvgIpc) is 3.37. The summed E-state index contributed by atoms with van der Waals surface area (Å²) < 4.78 is 38.1. The van der Waals surface area contributed by atoms with Crippen LogP contribution in [0.15, 0.2) is 50.2 Å². The summed E-state index contributed by atoms with van der Waals surface area (Å²) in [7, 11) is -3.88. The van der Waals surface area contributed by atoms with Crippen LogP contribution in [0.4, 0.5) is 5.69 Å². The van der Waals surface area contributed by atoms with Gasteiger partial charge >= 0.3 is 0 Å². The van der Waals surface area contributed by atoms with Gasteiger partial charge in [0.15, 0.2) is 5.76 Å². The van der Waals surface area contributed by atoms with Crippen molar-refractivity contribution in [3.63, 3.8) is 0 Å². The van der Waals surface area contributed by atoms with Crippen LogP contribution in [0.2, 0.25) is 0 Å². The number of nitro groups is 1. The molecule has 10 nitrogen and oxygen atoms in total. The minimum Gasteiger partial charge on any atom is -0.458 e. The summed E-state index contributed by atoms with van der Waals surface area (Å²) in [5, 5.41) is 14.9. The molecule has 0 aliphatic carbocycles. The van der Waals surface area contributed by atoms with E-state index in [2.05, 4.69) is 10.1 Å². The zero-order valence-corrected chi connectivity index (χ0v) is 16.3. The predicted octanol–water partition coefficient (Wildman–Crippen LogP) is 3.11. The molecular formula is C18H18N4O6S. The van der Waals surface area contributed by atoms with Gasteiger partial charge in [0.1, 0.15) is 5.76 Å². The molecule has 1 atom stereocenters. The van der Waals surface area contributed by atoms with Crippen molar-refractivity contribution >= 4 is 15.7 Å². The number of benzene rings is 1. The Morgan fingerprint density at radius 1 is 1.28 bits per heavy atom. The van der Waals surface area contributed by atoms with Crippen molar-refractivity contribution in [3.05, 3.63) is 58.2 Å². The second-order valence-corrected chi connectivity index (χ2v) is 8.76. The van der Waals surface area contributed by atoms with Crippen LogP contribution in [0.5, 0.6) is 0 Å². The number of aryl methyl sites for hydroxylation is 1. The van der Waals surface area contributed by atoms with Gasteiger partial charge in [-0.2, -0.15) is 9.29 Å². The maximum Gasteiger partial charge on any atom is 0.270 e. The van der Waals surface area contributed by atoms with E-state index in [0.29, 0.717) is 36.9 Å². The molecule has 3 aromatic rings. The highest BCUT2D eigenvalue weighted by Crippen LogP contribution is 2.31. The highest BCUT2D eigenvalue weighted by atomic mass is 32.2. The number of non-ortho nitro benzene ring substituents is 1. The van der Waals surface area contributed by atoms with Gasteiger partial charge in [0.2, 0.25) is 21.7 Å². The van der Waals surface area contributed by atoms with E-state index in [4.69, 9.17) is 8.94 Å². The molecule has 1 saturated heterocycles. The van der Waals surface area contributed by atoms with Crippen molar-refractivity contribution in [1.29, 1.82) is 0 Å². The number of rotatable bonds is 5. The molecule has 11 heteroatoms. The highest BCUT2D eigenvalue weighted by molar-refractivity contribution is 7.89. The number of nitro benzene ring substituents is 1. The summed E-state index contributed by atoms with van der Waals surface area (Å²) in [5.41, 5.74) is -0.269. The lowest BCUT2D eigenvalue weighted by Gasteiger charge is -2.30. The predicted molar refractivity (Wildman–Crippen MR) is 101 cm³/mol. The maximum absolute atomic E-state index is 13.0. The molecule has 0 spiro atoms. The third-order valence-electron chi connectivity index (χ3n) is 4.80. The Balaban J connectivity index is 1.56. The number of nitrogens with zero attached hydrogens (tertiary/aromatic N) is 4. The fourth-order valence-electron chi connectivity index (χ4n) is 3.32. The summed E-state index contributed by atoms with van der Waals surface area (Å²) >= 11 is 0. The Labute approximate surface area is 166 Å². The minimum absolute atomic E-state index is 0.107. The monoisotopic (exact) mass is 418 g/mol. The Kier molecular flexibility index (Phi) is 4.92. The summed E-state index contributed by atoms with van der Waals surface area (Å²) in [6.07, 6.45) is 1.30. The van der Waals surface area contributed by atoms with Gasteiger partial charge < -0.3 is 8.94 Å². The van der Waals surface area contributed by atoms with E-state index in [0.717, 1.165) is 11.8 Å². The minimum atomic E-state index is -3.88. The second-order valence-electron chi connectivity index (χ2n) is 6.82. The largest absolute Gasteiger partial charge is 0.458 e. The molecule has 152 valence electrons. The van der Waals surface area contributed by atoms with Gasteiger partial charge in [-0.25, -0.2) is 8.42 Å². The normalized spacial score (nSPS) is 18.0. The van der Waals surface area contributed by atoms with Gasteiger partial charge in [-0.1, -0.05) is 11.2 Å². The molecule has 0 N–H and O–H groups in total. The van der Waals surface area contributed by atoms with Crippen LogP contribution in [-0.4, -0.2) is 40.9 Å². The second kappa shape index (κ2) is 7.41. The molecule has 1 fully saturated rings. The Hall–Kier alpha value is -3.05. The first-order valence-electron chi connectivity index (χ1n) is 8.99. The number of hydrogen-bond donors (Lipinski definition) is 0. The molecule has 1 unspecified atom stereocenters. The van der Waals surface area contributed by atoms with Gasteiger partial charge in [-0.05, 0) is 38.0 Å². The highest BCUT2D eigenvalue weighted by Gasteiger charge is 2.34. The first-order chi connectivity index (χ1) is 13.8. The fourth-order valence-corrected chi connectivity index (χ4v) is 4.89. The van der Waals surface area contributed by atoms with E-state index >= 15 is 0 Å². The van der Waals surface area contributed by atoms with E-state index in [1.807, 2.05) is 6.92 Å². The molecule has 1 aromatic carbocycles. The summed E-state index contributed by atoms with van der Waals surface area (Å²) in [6.45, 7) is 2.28. The first-order valence-corrected chi connectivity index (χ1v) is 10.4. The zero-order valence-electron chi connectivity index (χ0n) is 15.5. The van der Waals surface area contributed by atoms with Gasteiger partial charge in [0.25, 0.3) is 5.69 Å². The Bertz CT molecular complexity index is 1150. The molecule has 29 heavy (non-hydrogen) atoms. The number of hydrogen-bond acceptors (Lipinski definition) is 8. The lowest BCUT2D eigenvalue weighted by molar-refractivity contribution is -0.385. The molecule has 1 aliphatic heterocycles. The van der Waals surface area contributed by atoms with Crippen molar-refractivity contribution in [3.8, 4) is 11.6 Å². The zero-order chi connectivity index (χ0) is 20.6. The third kappa shape index (κ3) is 3.78. The fraction of sp³-hybridized carbons (Fsp3) is 0.333. The molecule has 1 aliphatic rings. The standard InChI is InChI=1S/C18H18N4O6S/c1-12-7-8-16(27-12)17-19-18(28-20-17)13-4-3-9-21(11-13)29(25,26)15-6-2-5-14(10-15)22(23)24/h2,5-8,10,13H,3-4,9,11H2,1H3. The molecule has 0 amide bonds. The third-order valence-corrected chi connectivity index (χ3v) is 6.66. The molecule has 0 radical (unpaired) electrons. The number of piperidine rings is 1. The van der Waals surface area contributed by atoms with E-state index in [9.17, 15) is 18.5 Å². The molecule has 0 bridgehead atoms. The van der Waals surface area contributed by atoms with E-state index in [1.54, 1.807) is 12.1 Å². The molecule has 2 aromatic heterocycles. The van der Waals surface area contributed by atoms with Crippen molar-refractivity contribution in [2.24, 2.45) is 0 Å². The molecule has 0 saturated carbocycles. The van der Waals surface area contributed by atoms with E-state index < -0.39 is 14.9 Å². The van der Waals surface area contributed by atoms with Crippen molar-refractivity contribution in [2.45, 2.75) is 30.6 Å². The van der Waals surface area contributed by atoms with Crippen LogP contribution in [0.1, 0.15) is 30.4 Å². The first kappa shape index (κ1) is 19.3. The van der Waals surface area contributed by atoms with Gasteiger partial charge in [-0.3, -0.25) is 10.1 Å². The van der Waals surface area contributed by atoms with Crippen LogP contribution in [0.25, 0.3) is 11.6 Å². The van der Waals surface area contributed by atoms with Gasteiger partial charge in [0, 0.05) is 25.2 Å². The van der Waals surface area contributed by atoms with E-state index in [-0.39, 0.29) is 23.0 Å². The maximum atomic E-state index is 13.0. The van der Waals surface area contributed by atoms with Crippen molar-refractivity contribution < 1.29 is 22.3 Å². The average molecular weight is 418 g/mol. The van der Waals surface area contributed by atoms with Gasteiger partial charge in [-0.15, -0.1) is 0 Å². The molecule has 3 heterocycles. The van der Waals surface area contributed by atoms with Crippen LogP contribution in [-0.2, 0) is 10.0 Å². The van der Waals surface area contributed by atoms with Gasteiger partial charge in [0.05, 0.1) is 15.7 Å². The summed E-state index contributed by atoms with van der Waals surface area (Å²) in [5.74, 6) is 1.59. The quantitative estimate of drug-likeness (QED) is 0.456. The van der Waals surface area contributed by atoms with Crippen LogP contribution in [0.3, 0.4) is 0 Å².